The molecule has 17 heavy (non-hydrogen) atoms. The van der Waals surface area contributed by atoms with Crippen LogP contribution >= 0.6 is 0 Å². The Kier molecular flexibility index (Phi) is 12.2. The van der Waals surface area contributed by atoms with Gasteiger partial charge in [-0.2, -0.15) is 0 Å². The highest BCUT2D eigenvalue weighted by Crippen LogP contribution is 2.06. The molecule has 0 aromatic carbocycles. The van der Waals surface area contributed by atoms with E-state index in [2.05, 4.69) is 24.3 Å². The largest absolute Gasteiger partial charge is 0.466 e. The summed E-state index contributed by atoms with van der Waals surface area (Å²) < 4.78 is 4.87. The van der Waals surface area contributed by atoms with Gasteiger partial charge in [0.15, 0.2) is 0 Å². The molecule has 0 N–H and O–H groups in total. The fraction of sp³-hybridized carbons (Fsp3) is 0.667. The number of hydrogen-bond donors (Lipinski definition) is 0. The lowest BCUT2D eigenvalue weighted by molar-refractivity contribution is -0.141. The Morgan fingerprint density at radius 1 is 1.00 bits per heavy atom. The van der Waals surface area contributed by atoms with Gasteiger partial charge in [0.1, 0.15) is 0 Å². The molecule has 0 spiro atoms. The molecule has 0 aliphatic carbocycles. The van der Waals surface area contributed by atoms with Gasteiger partial charge in [-0.1, -0.05) is 43.6 Å². The van der Waals surface area contributed by atoms with Crippen LogP contribution in [0.3, 0.4) is 0 Å². The third kappa shape index (κ3) is 14.9. The van der Waals surface area contributed by atoms with Gasteiger partial charge in [-0.05, 0) is 32.6 Å². The number of carbonyl (C=O) groups excluding carboxylic acids is 1. The van der Waals surface area contributed by atoms with Gasteiger partial charge in [0.25, 0.3) is 0 Å². The van der Waals surface area contributed by atoms with E-state index in [0.29, 0.717) is 6.61 Å². The maximum absolute atomic E-state index is 10.5. The summed E-state index contributed by atoms with van der Waals surface area (Å²) in [7, 11) is 0. The quantitative estimate of drug-likeness (QED) is 0.320. The molecule has 0 aliphatic rings. The number of allylic oxidation sites excluding steroid dienone is 4. The maximum atomic E-state index is 10.5. The lowest BCUT2D eigenvalue weighted by atomic mass is 10.1. The van der Waals surface area contributed by atoms with Gasteiger partial charge in [0.05, 0.1) is 6.61 Å². The van der Waals surface area contributed by atoms with Crippen molar-refractivity contribution < 1.29 is 9.53 Å². The van der Waals surface area contributed by atoms with E-state index in [1.807, 2.05) is 6.92 Å². The summed E-state index contributed by atoms with van der Waals surface area (Å²) >= 11 is 0. The molecule has 0 amide bonds. The third-order valence-corrected chi connectivity index (χ3v) is 2.49. The summed E-state index contributed by atoms with van der Waals surface area (Å²) in [5.74, 6) is -0.170. The zero-order chi connectivity index (χ0) is 12.8. The van der Waals surface area contributed by atoms with E-state index in [4.69, 9.17) is 4.74 Å². The van der Waals surface area contributed by atoms with Gasteiger partial charge in [0.2, 0.25) is 0 Å². The molecule has 0 bridgehead atoms. The molecule has 0 radical (unpaired) electrons. The number of hydrogen-bond acceptors (Lipinski definition) is 2. The molecular formula is C15H26O2. The van der Waals surface area contributed by atoms with Gasteiger partial charge in [-0.3, -0.25) is 4.79 Å². The molecule has 98 valence electrons. The third-order valence-electron chi connectivity index (χ3n) is 2.49. The topological polar surface area (TPSA) is 26.3 Å². The molecule has 0 aliphatic heterocycles. The van der Waals surface area contributed by atoms with E-state index in [-0.39, 0.29) is 5.97 Å². The lowest BCUT2D eigenvalue weighted by Gasteiger charge is -2.01. The summed E-state index contributed by atoms with van der Waals surface area (Å²) in [6.45, 7) is 4.09. The summed E-state index contributed by atoms with van der Waals surface area (Å²) in [6.07, 6.45) is 16.9. The van der Waals surface area contributed by atoms with Crippen LogP contribution in [0, 0.1) is 0 Å². The Morgan fingerprint density at radius 3 is 2.41 bits per heavy atom. The molecule has 0 saturated heterocycles. The Morgan fingerprint density at radius 2 is 1.71 bits per heavy atom. The van der Waals surface area contributed by atoms with E-state index < -0.39 is 0 Å². The number of esters is 1. The van der Waals surface area contributed by atoms with E-state index in [1.165, 1.54) is 32.6 Å². The summed E-state index contributed by atoms with van der Waals surface area (Å²) in [5, 5.41) is 0. The highest BCUT2D eigenvalue weighted by Gasteiger charge is 1.93. The van der Waals surface area contributed by atoms with Crippen molar-refractivity contribution in [3.8, 4) is 0 Å². The smallest absolute Gasteiger partial charge is 0.302 e. The van der Waals surface area contributed by atoms with Crippen molar-refractivity contribution in [2.45, 2.75) is 58.8 Å². The molecule has 0 aromatic rings. The number of rotatable bonds is 10. The van der Waals surface area contributed by atoms with Crippen molar-refractivity contribution in [1.82, 2.24) is 0 Å². The van der Waals surface area contributed by atoms with Crippen molar-refractivity contribution in [2.75, 3.05) is 6.61 Å². The van der Waals surface area contributed by atoms with Crippen LogP contribution in [-0.4, -0.2) is 12.6 Å². The highest BCUT2D eigenvalue weighted by molar-refractivity contribution is 5.65. The van der Waals surface area contributed by atoms with Crippen LogP contribution < -0.4 is 0 Å². The molecule has 0 saturated carbocycles. The monoisotopic (exact) mass is 238 g/mol. The second-order valence-corrected chi connectivity index (χ2v) is 4.17. The zero-order valence-corrected chi connectivity index (χ0v) is 11.3. The average Bonchev–Trinajstić information content (AvgIpc) is 2.30. The van der Waals surface area contributed by atoms with Gasteiger partial charge in [0, 0.05) is 6.92 Å². The van der Waals surface area contributed by atoms with Gasteiger partial charge in [-0.15, -0.1) is 0 Å². The van der Waals surface area contributed by atoms with E-state index >= 15 is 0 Å². The first-order chi connectivity index (χ1) is 8.27. The fourth-order valence-electron chi connectivity index (χ4n) is 1.54. The number of unbranched alkanes of at least 4 members (excludes halogenated alkanes) is 5. The summed E-state index contributed by atoms with van der Waals surface area (Å²) in [4.78, 5) is 10.5. The second kappa shape index (κ2) is 13.0. The van der Waals surface area contributed by atoms with Crippen molar-refractivity contribution in [3.63, 3.8) is 0 Å². The van der Waals surface area contributed by atoms with E-state index in [0.717, 1.165) is 19.3 Å². The first-order valence-corrected chi connectivity index (χ1v) is 6.67. The van der Waals surface area contributed by atoms with Crippen LogP contribution in [-0.2, 0) is 9.53 Å². The minimum absolute atomic E-state index is 0.170. The molecule has 0 heterocycles. The van der Waals surface area contributed by atoms with Crippen molar-refractivity contribution in [1.29, 1.82) is 0 Å². The van der Waals surface area contributed by atoms with Crippen LogP contribution in [0.2, 0.25) is 0 Å². The number of ether oxygens (including phenoxy) is 1. The van der Waals surface area contributed by atoms with Gasteiger partial charge < -0.3 is 4.74 Å². The second-order valence-electron chi connectivity index (χ2n) is 4.17. The minimum Gasteiger partial charge on any atom is -0.466 e. The number of carbonyl (C=O) groups is 1. The van der Waals surface area contributed by atoms with Crippen LogP contribution in [0.15, 0.2) is 24.3 Å². The predicted octanol–water partition coefficient (Wildman–Crippen LogP) is 4.41. The first-order valence-electron chi connectivity index (χ1n) is 6.67. The molecular weight excluding hydrogens is 212 g/mol. The summed E-state index contributed by atoms with van der Waals surface area (Å²) in [5.41, 5.74) is 0. The maximum Gasteiger partial charge on any atom is 0.302 e. The zero-order valence-electron chi connectivity index (χ0n) is 11.3. The van der Waals surface area contributed by atoms with Crippen molar-refractivity contribution >= 4 is 5.97 Å². The normalized spacial score (nSPS) is 11.4. The predicted molar refractivity (Wildman–Crippen MR) is 72.9 cm³/mol. The fourth-order valence-corrected chi connectivity index (χ4v) is 1.54. The Bertz CT molecular complexity index is 229. The van der Waals surface area contributed by atoms with Crippen LogP contribution in [0.25, 0.3) is 0 Å². The average molecular weight is 238 g/mol. The van der Waals surface area contributed by atoms with Crippen LogP contribution in [0.5, 0.6) is 0 Å². The SMILES string of the molecule is C/C=C/C/C=C\CCCCCCCOC(C)=O. The molecule has 0 fully saturated rings. The standard InChI is InChI=1S/C15H26O2/c1-3-4-5-6-7-8-9-10-11-12-13-14-17-15(2)16/h3-4,6-7H,5,8-14H2,1-2H3/b4-3+,7-6-. The Labute approximate surface area is 106 Å². The molecule has 0 atom stereocenters. The summed E-state index contributed by atoms with van der Waals surface area (Å²) in [6, 6.07) is 0. The van der Waals surface area contributed by atoms with Crippen molar-refractivity contribution in [3.05, 3.63) is 24.3 Å². The van der Waals surface area contributed by atoms with Gasteiger partial charge in [-0.25, -0.2) is 0 Å². The van der Waals surface area contributed by atoms with Crippen molar-refractivity contribution in [2.24, 2.45) is 0 Å². The van der Waals surface area contributed by atoms with Crippen LogP contribution in [0.1, 0.15) is 58.8 Å². The van der Waals surface area contributed by atoms with E-state index in [9.17, 15) is 4.79 Å². The molecule has 2 nitrogen and oxygen atoms in total. The molecule has 0 unspecified atom stereocenters. The van der Waals surface area contributed by atoms with Gasteiger partial charge >= 0.3 is 5.97 Å². The van der Waals surface area contributed by atoms with E-state index in [1.54, 1.807) is 0 Å². The first kappa shape index (κ1) is 16.0. The highest BCUT2D eigenvalue weighted by atomic mass is 16.5. The minimum atomic E-state index is -0.170. The van der Waals surface area contributed by atoms with Crippen LogP contribution in [0.4, 0.5) is 0 Å². The molecule has 2 heteroatoms. The molecule has 0 rings (SSSR count). The molecule has 0 aromatic heterocycles. The Balaban J connectivity index is 3.08. The lowest BCUT2D eigenvalue weighted by Crippen LogP contribution is -1.99. The Hall–Kier alpha value is -1.05.